The van der Waals surface area contributed by atoms with Crippen molar-refractivity contribution in [2.75, 3.05) is 47.5 Å². The number of quaternary nitrogens is 1. The Morgan fingerprint density at radius 1 is 0.425 bits per heavy atom. The van der Waals surface area contributed by atoms with E-state index in [0.29, 0.717) is 23.9 Å². The summed E-state index contributed by atoms with van der Waals surface area (Å²) in [4.78, 5) is 37.3. The molecule has 420 valence electrons. The summed E-state index contributed by atoms with van der Waals surface area (Å²) in [5.41, 5.74) is 0. The van der Waals surface area contributed by atoms with Crippen molar-refractivity contribution in [1.82, 2.24) is 0 Å². The van der Waals surface area contributed by atoms with E-state index in [0.717, 1.165) is 89.9 Å². The molecule has 0 bridgehead atoms. The van der Waals surface area contributed by atoms with Gasteiger partial charge in [-0.05, 0) is 70.6 Å². The molecule has 0 aliphatic heterocycles. The van der Waals surface area contributed by atoms with Crippen LogP contribution in [0.4, 0.5) is 0 Å². The number of aliphatic carboxylic acids is 1. The highest BCUT2D eigenvalue weighted by atomic mass is 16.7. The maximum atomic E-state index is 12.9. The Labute approximate surface area is 449 Å². The normalized spacial score (nSPS) is 13.4. The third-order valence-electron chi connectivity index (χ3n) is 12.7. The highest BCUT2D eigenvalue weighted by Crippen LogP contribution is 2.16. The minimum Gasteiger partial charge on any atom is -0.545 e. The molecule has 0 amide bonds. The minimum atomic E-state index is -1.63. The van der Waals surface area contributed by atoms with Gasteiger partial charge in [0.1, 0.15) is 13.2 Å². The molecular formula is C64H111NO8. The van der Waals surface area contributed by atoms with Gasteiger partial charge in [0.05, 0.1) is 40.3 Å². The van der Waals surface area contributed by atoms with E-state index in [9.17, 15) is 19.5 Å². The number of unbranched alkanes of at least 4 members (excludes halogenated alkanes) is 25. The van der Waals surface area contributed by atoms with Gasteiger partial charge in [-0.2, -0.15) is 0 Å². The van der Waals surface area contributed by atoms with Crippen LogP contribution in [-0.4, -0.2) is 82.3 Å². The van der Waals surface area contributed by atoms with Crippen LogP contribution in [0.3, 0.4) is 0 Å². The number of esters is 2. The third-order valence-corrected chi connectivity index (χ3v) is 12.7. The number of carbonyl (C=O) groups excluding carboxylic acids is 3. The van der Waals surface area contributed by atoms with Crippen molar-refractivity contribution in [3.63, 3.8) is 0 Å². The number of likely N-dealkylation sites (N-methyl/N-ethyl adjacent to an activating group) is 1. The van der Waals surface area contributed by atoms with Gasteiger partial charge in [0.15, 0.2) is 12.4 Å². The Balaban J connectivity index is 4.23. The van der Waals surface area contributed by atoms with Crippen LogP contribution in [0, 0.1) is 0 Å². The number of carboxylic acid groups (broad SMARTS) is 1. The lowest BCUT2D eigenvalue weighted by molar-refractivity contribution is -0.870. The van der Waals surface area contributed by atoms with Crippen LogP contribution in [0.25, 0.3) is 0 Å². The van der Waals surface area contributed by atoms with Crippen LogP contribution in [0.1, 0.15) is 245 Å². The number of allylic oxidation sites excluding steroid dienone is 14. The Bertz CT molecular complexity index is 1470. The summed E-state index contributed by atoms with van der Waals surface area (Å²) in [6.45, 7) is 4.64. The quantitative estimate of drug-likeness (QED) is 0.0195. The van der Waals surface area contributed by atoms with Gasteiger partial charge in [0, 0.05) is 12.8 Å². The van der Waals surface area contributed by atoms with E-state index in [1.54, 1.807) is 0 Å². The zero-order chi connectivity index (χ0) is 53.4. The summed E-state index contributed by atoms with van der Waals surface area (Å²) in [6, 6.07) is 0. The van der Waals surface area contributed by atoms with Gasteiger partial charge in [-0.25, -0.2) is 0 Å². The fourth-order valence-electron chi connectivity index (χ4n) is 8.11. The summed E-state index contributed by atoms with van der Waals surface area (Å²) < 4.78 is 22.7. The number of hydrogen-bond acceptors (Lipinski definition) is 8. The first-order valence-electron chi connectivity index (χ1n) is 29.7. The molecule has 0 radical (unpaired) electrons. The molecule has 0 aromatic rings. The topological polar surface area (TPSA) is 111 Å². The van der Waals surface area contributed by atoms with Gasteiger partial charge < -0.3 is 33.3 Å². The summed E-state index contributed by atoms with van der Waals surface area (Å²) in [6.07, 6.45) is 69.1. The van der Waals surface area contributed by atoms with Gasteiger partial charge >= 0.3 is 11.9 Å². The first kappa shape index (κ1) is 69.5. The number of carbonyl (C=O) groups is 3. The minimum absolute atomic E-state index is 0.144. The Hall–Kier alpha value is -3.53. The van der Waals surface area contributed by atoms with Crippen molar-refractivity contribution in [3.05, 3.63) is 85.1 Å². The highest BCUT2D eigenvalue weighted by Gasteiger charge is 2.22. The monoisotopic (exact) mass is 1020 g/mol. The molecule has 0 heterocycles. The van der Waals surface area contributed by atoms with Gasteiger partial charge in [-0.1, -0.05) is 247 Å². The second-order valence-electron chi connectivity index (χ2n) is 20.9. The molecule has 2 unspecified atom stereocenters. The van der Waals surface area contributed by atoms with E-state index in [1.807, 2.05) is 21.1 Å². The van der Waals surface area contributed by atoms with Crippen molar-refractivity contribution in [3.8, 4) is 0 Å². The number of rotatable bonds is 54. The standard InChI is InChI=1S/C64H111NO8/c1-6-8-10-12-14-16-18-20-22-24-25-26-27-28-29-30-31-32-33-34-35-36-37-39-41-43-45-47-49-51-53-55-62(67)73-60(59-72-64(63(68)69)70-57-56-65(3,4)5)58-71-61(66)54-52-50-48-46-44-42-40-38-23-21-19-17-15-13-11-9-7-2/h8,10,14,16,20,22,25-26,28-29,31-32,34-35,60,64H,6-7,9,11-13,15,17-19,21,23-24,27,30,33,36-59H2,1-5H3/b10-8-,16-14-,22-20-,26-25-,29-28-,32-31-,35-34-. The maximum Gasteiger partial charge on any atom is 0.306 e. The first-order chi connectivity index (χ1) is 35.6. The number of ether oxygens (including phenoxy) is 4. The molecular weight excluding hydrogens is 911 g/mol. The molecule has 2 atom stereocenters. The number of carboxylic acids is 1. The molecule has 0 N–H and O–H groups in total. The molecule has 0 aromatic carbocycles. The zero-order valence-corrected chi connectivity index (χ0v) is 47.7. The van der Waals surface area contributed by atoms with Crippen LogP contribution in [-0.2, 0) is 33.3 Å². The molecule has 0 fully saturated rings. The highest BCUT2D eigenvalue weighted by molar-refractivity contribution is 5.70. The summed E-state index contributed by atoms with van der Waals surface area (Å²) in [5, 5.41) is 11.8. The molecule has 0 aliphatic carbocycles. The maximum absolute atomic E-state index is 12.9. The molecule has 9 heteroatoms. The molecule has 0 aromatic heterocycles. The smallest absolute Gasteiger partial charge is 0.306 e. The third kappa shape index (κ3) is 56.0. The lowest BCUT2D eigenvalue weighted by Crippen LogP contribution is -2.44. The summed E-state index contributed by atoms with van der Waals surface area (Å²) in [5.74, 6) is -2.29. The van der Waals surface area contributed by atoms with Gasteiger partial charge in [-0.15, -0.1) is 0 Å². The predicted molar refractivity (Wildman–Crippen MR) is 306 cm³/mol. The van der Waals surface area contributed by atoms with Crippen molar-refractivity contribution < 1.29 is 42.9 Å². The second-order valence-corrected chi connectivity index (χ2v) is 20.9. The fourth-order valence-corrected chi connectivity index (χ4v) is 8.11. The predicted octanol–water partition coefficient (Wildman–Crippen LogP) is 16.2. The number of nitrogens with zero attached hydrogens (tertiary/aromatic N) is 1. The molecule has 0 spiro atoms. The molecule has 0 rings (SSSR count). The molecule has 0 saturated carbocycles. The molecule has 0 aliphatic rings. The Kier molecular flexibility index (Phi) is 52.1. The van der Waals surface area contributed by atoms with Crippen molar-refractivity contribution in [2.24, 2.45) is 0 Å². The van der Waals surface area contributed by atoms with Crippen molar-refractivity contribution in [2.45, 2.75) is 257 Å². The average Bonchev–Trinajstić information content (AvgIpc) is 3.36. The average molecular weight is 1020 g/mol. The van der Waals surface area contributed by atoms with Gasteiger partial charge in [0.25, 0.3) is 0 Å². The van der Waals surface area contributed by atoms with E-state index in [4.69, 9.17) is 18.9 Å². The molecule has 73 heavy (non-hydrogen) atoms. The Morgan fingerprint density at radius 2 is 0.781 bits per heavy atom. The van der Waals surface area contributed by atoms with E-state index in [1.165, 1.54) is 122 Å². The van der Waals surface area contributed by atoms with Gasteiger partial charge in [-0.3, -0.25) is 9.59 Å². The zero-order valence-electron chi connectivity index (χ0n) is 47.7. The summed E-state index contributed by atoms with van der Waals surface area (Å²) in [7, 11) is 5.92. The SMILES string of the molecule is CC/C=C\C/C=C\C/C=C\C/C=C\C/C=C\C/C=C\C/C=C\CCCCCCCCCCCC(=O)OC(COC(=O)CCCCCCCCCCCCCCCCCCC)COC(OCC[N+](C)(C)C)C(=O)[O-]. The lowest BCUT2D eigenvalue weighted by atomic mass is 10.0. The van der Waals surface area contributed by atoms with E-state index in [-0.39, 0.29) is 32.2 Å². The lowest BCUT2D eigenvalue weighted by Gasteiger charge is -2.26. The van der Waals surface area contributed by atoms with Crippen LogP contribution in [0.5, 0.6) is 0 Å². The Morgan fingerprint density at radius 3 is 1.16 bits per heavy atom. The molecule has 0 saturated heterocycles. The van der Waals surface area contributed by atoms with Crippen LogP contribution >= 0.6 is 0 Å². The number of hydrogen-bond donors (Lipinski definition) is 0. The van der Waals surface area contributed by atoms with Crippen LogP contribution in [0.15, 0.2) is 85.1 Å². The van der Waals surface area contributed by atoms with Crippen molar-refractivity contribution in [1.29, 1.82) is 0 Å². The van der Waals surface area contributed by atoms with Crippen LogP contribution in [0.2, 0.25) is 0 Å². The molecule has 9 nitrogen and oxygen atoms in total. The second kappa shape index (κ2) is 54.7. The van der Waals surface area contributed by atoms with E-state index < -0.39 is 24.3 Å². The van der Waals surface area contributed by atoms with E-state index >= 15 is 0 Å². The van der Waals surface area contributed by atoms with Crippen LogP contribution < -0.4 is 5.11 Å². The fraction of sp³-hybridized carbons (Fsp3) is 0.734. The van der Waals surface area contributed by atoms with Gasteiger partial charge in [0.2, 0.25) is 0 Å². The first-order valence-corrected chi connectivity index (χ1v) is 29.7. The van der Waals surface area contributed by atoms with Crippen molar-refractivity contribution >= 4 is 17.9 Å². The largest absolute Gasteiger partial charge is 0.545 e. The summed E-state index contributed by atoms with van der Waals surface area (Å²) >= 11 is 0. The van der Waals surface area contributed by atoms with E-state index in [2.05, 4.69) is 98.9 Å².